The standard InChI is InChI=1S/C7H11NO2S2/c1-3-6-5(2)4-7(11-6)12(8,9)10/h4H,3H2,1-2H3,(H2,8,9,10). The normalized spacial score (nSPS) is 11.9. The zero-order valence-electron chi connectivity index (χ0n) is 6.99. The lowest BCUT2D eigenvalue weighted by atomic mass is 10.2. The van der Waals surface area contributed by atoms with E-state index in [-0.39, 0.29) is 4.21 Å². The second-order valence-electron chi connectivity index (χ2n) is 2.57. The molecule has 1 aromatic heterocycles. The van der Waals surface area contributed by atoms with Crippen LogP contribution in [0, 0.1) is 6.92 Å². The Hall–Kier alpha value is -0.390. The maximum absolute atomic E-state index is 10.9. The minimum atomic E-state index is -3.50. The van der Waals surface area contributed by atoms with Crippen LogP contribution in [-0.4, -0.2) is 8.42 Å². The summed E-state index contributed by atoms with van der Waals surface area (Å²) in [4.78, 5) is 1.08. The fourth-order valence-electron chi connectivity index (χ4n) is 0.980. The van der Waals surface area contributed by atoms with Crippen molar-refractivity contribution >= 4 is 21.4 Å². The lowest BCUT2D eigenvalue weighted by molar-refractivity contribution is 0.599. The number of hydrogen-bond donors (Lipinski definition) is 1. The first-order valence-corrected chi connectivity index (χ1v) is 5.93. The Morgan fingerprint density at radius 1 is 1.58 bits per heavy atom. The molecule has 0 aliphatic rings. The van der Waals surface area contributed by atoms with E-state index in [4.69, 9.17) is 5.14 Å². The van der Waals surface area contributed by atoms with Gasteiger partial charge in [0.05, 0.1) is 0 Å². The first kappa shape index (κ1) is 9.70. The highest BCUT2D eigenvalue weighted by molar-refractivity contribution is 7.91. The van der Waals surface area contributed by atoms with Gasteiger partial charge in [0, 0.05) is 4.88 Å². The summed E-state index contributed by atoms with van der Waals surface area (Å²) in [7, 11) is -3.50. The van der Waals surface area contributed by atoms with Crippen molar-refractivity contribution in [1.82, 2.24) is 0 Å². The second kappa shape index (κ2) is 3.16. The molecule has 12 heavy (non-hydrogen) atoms. The Morgan fingerprint density at radius 2 is 2.17 bits per heavy atom. The third-order valence-corrected chi connectivity index (χ3v) is 4.40. The monoisotopic (exact) mass is 205 g/mol. The minimum Gasteiger partial charge on any atom is -0.224 e. The summed E-state index contributed by atoms with van der Waals surface area (Å²) in [5, 5.41) is 4.98. The summed E-state index contributed by atoms with van der Waals surface area (Å²) < 4.78 is 22.1. The van der Waals surface area contributed by atoms with E-state index in [0.29, 0.717) is 0 Å². The van der Waals surface area contributed by atoms with Gasteiger partial charge in [0.25, 0.3) is 0 Å². The van der Waals surface area contributed by atoms with Crippen LogP contribution in [0.5, 0.6) is 0 Å². The molecule has 0 aliphatic heterocycles. The number of thiophene rings is 1. The molecule has 0 saturated carbocycles. The summed E-state index contributed by atoms with van der Waals surface area (Å²) in [6.07, 6.45) is 0.853. The van der Waals surface area contributed by atoms with Crippen molar-refractivity contribution in [1.29, 1.82) is 0 Å². The smallest absolute Gasteiger partial charge is 0.224 e. The zero-order valence-corrected chi connectivity index (χ0v) is 8.63. The van der Waals surface area contributed by atoms with Crippen LogP contribution in [-0.2, 0) is 16.4 Å². The van der Waals surface area contributed by atoms with Gasteiger partial charge in [0.1, 0.15) is 4.21 Å². The molecule has 0 radical (unpaired) electrons. The number of sulfonamides is 1. The van der Waals surface area contributed by atoms with Crippen LogP contribution >= 0.6 is 11.3 Å². The summed E-state index contributed by atoms with van der Waals surface area (Å²) >= 11 is 1.25. The van der Waals surface area contributed by atoms with Crippen LogP contribution in [0.2, 0.25) is 0 Å². The van der Waals surface area contributed by atoms with Crippen LogP contribution < -0.4 is 5.14 Å². The van der Waals surface area contributed by atoms with Crippen molar-refractivity contribution in [2.24, 2.45) is 5.14 Å². The predicted molar refractivity (Wildman–Crippen MR) is 49.8 cm³/mol. The molecule has 5 heteroatoms. The van der Waals surface area contributed by atoms with Crippen LogP contribution in [0.25, 0.3) is 0 Å². The highest BCUT2D eigenvalue weighted by atomic mass is 32.2. The highest BCUT2D eigenvalue weighted by Gasteiger charge is 2.12. The fraction of sp³-hybridized carbons (Fsp3) is 0.429. The summed E-state index contributed by atoms with van der Waals surface area (Å²) in [6.45, 7) is 3.88. The van der Waals surface area contributed by atoms with Gasteiger partial charge in [-0.1, -0.05) is 6.92 Å². The van der Waals surface area contributed by atoms with Crippen LogP contribution in [0.15, 0.2) is 10.3 Å². The van der Waals surface area contributed by atoms with Crippen LogP contribution in [0.4, 0.5) is 0 Å². The third-order valence-electron chi connectivity index (χ3n) is 1.60. The van der Waals surface area contributed by atoms with Crippen LogP contribution in [0.1, 0.15) is 17.4 Å². The zero-order chi connectivity index (χ0) is 9.35. The molecule has 3 nitrogen and oxygen atoms in total. The van der Waals surface area contributed by atoms with Crippen molar-refractivity contribution in [2.75, 3.05) is 0 Å². The average Bonchev–Trinajstić information content (AvgIpc) is 2.29. The molecule has 0 atom stereocenters. The number of primary sulfonamides is 1. The molecule has 1 heterocycles. The van der Waals surface area contributed by atoms with Gasteiger partial charge in [-0.3, -0.25) is 0 Å². The summed E-state index contributed by atoms with van der Waals surface area (Å²) in [5.41, 5.74) is 1.01. The van der Waals surface area contributed by atoms with Crippen molar-refractivity contribution in [3.8, 4) is 0 Å². The molecule has 0 saturated heterocycles. The van der Waals surface area contributed by atoms with Gasteiger partial charge >= 0.3 is 0 Å². The van der Waals surface area contributed by atoms with Crippen molar-refractivity contribution in [3.63, 3.8) is 0 Å². The topological polar surface area (TPSA) is 60.2 Å². The van der Waals surface area contributed by atoms with E-state index in [2.05, 4.69) is 0 Å². The largest absolute Gasteiger partial charge is 0.247 e. The molecule has 0 bridgehead atoms. The molecular weight excluding hydrogens is 194 g/mol. The van der Waals surface area contributed by atoms with E-state index in [0.717, 1.165) is 16.9 Å². The van der Waals surface area contributed by atoms with Crippen molar-refractivity contribution in [3.05, 3.63) is 16.5 Å². The SMILES string of the molecule is CCc1sc(S(N)(=O)=O)cc1C. The number of aryl methyl sites for hydroxylation is 2. The van der Waals surface area contributed by atoms with Gasteiger partial charge in [0.15, 0.2) is 0 Å². The average molecular weight is 205 g/mol. The molecule has 1 rings (SSSR count). The molecule has 0 unspecified atom stereocenters. The Morgan fingerprint density at radius 3 is 2.42 bits per heavy atom. The summed E-state index contributed by atoms with van der Waals surface area (Å²) in [5.74, 6) is 0. The molecule has 0 spiro atoms. The number of rotatable bonds is 2. The molecule has 0 aliphatic carbocycles. The number of hydrogen-bond acceptors (Lipinski definition) is 3. The lowest BCUT2D eigenvalue weighted by Crippen LogP contribution is -2.09. The molecule has 1 aromatic rings. The van der Waals surface area contributed by atoms with E-state index in [9.17, 15) is 8.42 Å². The van der Waals surface area contributed by atoms with E-state index in [1.54, 1.807) is 6.07 Å². The number of nitrogens with two attached hydrogens (primary N) is 1. The van der Waals surface area contributed by atoms with Gasteiger partial charge in [-0.05, 0) is 25.0 Å². The van der Waals surface area contributed by atoms with Crippen LogP contribution in [0.3, 0.4) is 0 Å². The van der Waals surface area contributed by atoms with E-state index in [1.165, 1.54) is 11.3 Å². The summed E-state index contributed by atoms with van der Waals surface area (Å²) in [6, 6.07) is 1.62. The molecule has 0 fully saturated rings. The maximum Gasteiger partial charge on any atom is 0.247 e. The second-order valence-corrected chi connectivity index (χ2v) is 5.50. The van der Waals surface area contributed by atoms with Gasteiger partial charge in [0.2, 0.25) is 10.0 Å². The minimum absolute atomic E-state index is 0.261. The molecular formula is C7H11NO2S2. The molecule has 2 N–H and O–H groups in total. The van der Waals surface area contributed by atoms with Gasteiger partial charge in [-0.25, -0.2) is 13.6 Å². The quantitative estimate of drug-likeness (QED) is 0.790. The van der Waals surface area contributed by atoms with Gasteiger partial charge in [-0.15, -0.1) is 11.3 Å². The Balaban J connectivity index is 3.23. The first-order chi connectivity index (χ1) is 5.45. The predicted octanol–water partition coefficient (Wildman–Crippen LogP) is 1.27. The highest BCUT2D eigenvalue weighted by Crippen LogP contribution is 2.24. The lowest BCUT2D eigenvalue weighted by Gasteiger charge is -1.89. The third kappa shape index (κ3) is 1.85. The maximum atomic E-state index is 10.9. The van der Waals surface area contributed by atoms with E-state index in [1.807, 2.05) is 13.8 Å². The van der Waals surface area contributed by atoms with E-state index < -0.39 is 10.0 Å². The molecule has 0 aromatic carbocycles. The molecule has 0 amide bonds. The van der Waals surface area contributed by atoms with Gasteiger partial charge < -0.3 is 0 Å². The first-order valence-electron chi connectivity index (χ1n) is 3.57. The molecule has 68 valence electrons. The Bertz CT molecular complexity index is 378. The Kier molecular flexibility index (Phi) is 2.55. The van der Waals surface area contributed by atoms with Gasteiger partial charge in [-0.2, -0.15) is 0 Å². The van der Waals surface area contributed by atoms with E-state index >= 15 is 0 Å². The van der Waals surface area contributed by atoms with Crippen molar-refractivity contribution in [2.45, 2.75) is 24.5 Å². The fourth-order valence-corrected chi connectivity index (χ4v) is 2.93. The van der Waals surface area contributed by atoms with Crippen molar-refractivity contribution < 1.29 is 8.42 Å². The Labute approximate surface area is 76.3 Å².